The number of aromatic hydroxyl groups is 2. The van der Waals surface area contributed by atoms with E-state index in [1.807, 2.05) is 12.1 Å². The Hall–Kier alpha value is -2.04. The summed E-state index contributed by atoms with van der Waals surface area (Å²) < 4.78 is 5.59. The van der Waals surface area contributed by atoms with Crippen LogP contribution in [0, 0.1) is 0 Å². The molecule has 2 aromatic carbocycles. The lowest BCUT2D eigenvalue weighted by molar-refractivity contribution is 0.0239. The largest absolute Gasteiger partial charge is 0.508 e. The van der Waals surface area contributed by atoms with Gasteiger partial charge in [-0.1, -0.05) is 53.7 Å². The normalized spacial score (nSPS) is 17.3. The van der Waals surface area contributed by atoms with Gasteiger partial charge in [0.15, 0.2) is 0 Å². The zero-order valence-electron chi connectivity index (χ0n) is 18.6. The highest BCUT2D eigenvalue weighted by Crippen LogP contribution is 2.43. The van der Waals surface area contributed by atoms with Crippen LogP contribution < -0.4 is 0 Å². The van der Waals surface area contributed by atoms with E-state index in [-0.39, 0.29) is 22.6 Å². The monoisotopic (exact) mass is 397 g/mol. The van der Waals surface area contributed by atoms with Crippen molar-refractivity contribution in [2.24, 2.45) is 0 Å². The van der Waals surface area contributed by atoms with Gasteiger partial charge in [-0.05, 0) is 57.3 Å². The van der Waals surface area contributed by atoms with Crippen LogP contribution in [0.3, 0.4) is 0 Å². The van der Waals surface area contributed by atoms with Crippen molar-refractivity contribution >= 4 is 0 Å². The number of phenolic OH excluding ortho intramolecular Hbond substituents is 2. The molecule has 4 heteroatoms. The van der Waals surface area contributed by atoms with Crippen LogP contribution in [0.25, 0.3) is 0 Å². The van der Waals surface area contributed by atoms with Gasteiger partial charge in [0, 0.05) is 13.1 Å². The molecule has 0 saturated carbocycles. The zero-order chi connectivity index (χ0) is 21.4. The van der Waals surface area contributed by atoms with Crippen molar-refractivity contribution in [2.45, 2.75) is 58.4 Å². The summed E-state index contributed by atoms with van der Waals surface area (Å²) in [6.07, 6.45) is 0. The Bertz CT molecular complexity index is 820. The molecule has 1 fully saturated rings. The quantitative estimate of drug-likeness (QED) is 0.755. The fourth-order valence-electron chi connectivity index (χ4n) is 4.10. The molecule has 0 spiro atoms. The first-order valence-corrected chi connectivity index (χ1v) is 10.5. The maximum Gasteiger partial charge on any atom is 0.123 e. The van der Waals surface area contributed by atoms with E-state index in [1.54, 1.807) is 6.07 Å². The minimum Gasteiger partial charge on any atom is -0.508 e. The lowest BCUT2D eigenvalue weighted by atomic mass is 9.77. The minimum absolute atomic E-state index is 0.00574. The Morgan fingerprint density at radius 3 is 1.86 bits per heavy atom. The van der Waals surface area contributed by atoms with E-state index in [4.69, 9.17) is 4.74 Å². The molecule has 0 aliphatic carbocycles. The molecular weight excluding hydrogens is 362 g/mol. The number of rotatable bonds is 3. The van der Waals surface area contributed by atoms with Crippen molar-refractivity contribution in [1.29, 1.82) is 0 Å². The standard InChI is InChI=1S/C25H35NO3/c1-24(2,3)20-15-18(16-21(23(20)28)25(4,5)6)22(26-10-12-29-13-11-26)17-8-7-9-19(27)14-17/h7-9,14-16,22,27-28H,10-13H2,1-6H3/t22-/m1/s1. The molecule has 1 atom stereocenters. The fraction of sp³-hybridized carbons (Fsp3) is 0.520. The third kappa shape index (κ3) is 4.76. The second-order valence-corrected chi connectivity index (χ2v) is 10.1. The molecule has 3 rings (SSSR count). The van der Waals surface area contributed by atoms with Crippen molar-refractivity contribution in [3.8, 4) is 11.5 Å². The van der Waals surface area contributed by atoms with Crippen LogP contribution in [-0.4, -0.2) is 41.4 Å². The second kappa shape index (κ2) is 8.00. The first kappa shape index (κ1) is 21.7. The predicted octanol–water partition coefficient (Wildman–Crippen LogP) is 5.11. The molecule has 2 N–H and O–H groups in total. The summed E-state index contributed by atoms with van der Waals surface area (Å²) in [5.74, 6) is 0.664. The zero-order valence-corrected chi connectivity index (χ0v) is 18.6. The van der Waals surface area contributed by atoms with Crippen molar-refractivity contribution in [2.75, 3.05) is 26.3 Å². The molecule has 0 radical (unpaired) electrons. The van der Waals surface area contributed by atoms with Gasteiger partial charge in [-0.2, -0.15) is 0 Å². The van der Waals surface area contributed by atoms with E-state index in [1.165, 1.54) is 0 Å². The Labute approximate surface area is 175 Å². The van der Waals surface area contributed by atoms with E-state index in [2.05, 4.69) is 64.6 Å². The van der Waals surface area contributed by atoms with Gasteiger partial charge in [-0.25, -0.2) is 0 Å². The van der Waals surface area contributed by atoms with Crippen LogP contribution in [0.15, 0.2) is 36.4 Å². The summed E-state index contributed by atoms with van der Waals surface area (Å²) in [6.45, 7) is 15.9. The van der Waals surface area contributed by atoms with Gasteiger partial charge >= 0.3 is 0 Å². The fourth-order valence-corrected chi connectivity index (χ4v) is 4.10. The lowest BCUT2D eigenvalue weighted by Crippen LogP contribution is -2.39. The third-order valence-corrected chi connectivity index (χ3v) is 5.66. The van der Waals surface area contributed by atoms with Gasteiger partial charge in [-0.3, -0.25) is 4.90 Å². The number of nitrogens with zero attached hydrogens (tertiary/aromatic N) is 1. The van der Waals surface area contributed by atoms with E-state index < -0.39 is 0 Å². The summed E-state index contributed by atoms with van der Waals surface area (Å²) in [5.41, 5.74) is 3.74. The van der Waals surface area contributed by atoms with Crippen LogP contribution in [-0.2, 0) is 15.6 Å². The van der Waals surface area contributed by atoms with Gasteiger partial charge in [0.1, 0.15) is 11.5 Å². The van der Waals surface area contributed by atoms with Gasteiger partial charge < -0.3 is 14.9 Å². The highest BCUT2D eigenvalue weighted by Gasteiger charge is 2.31. The van der Waals surface area contributed by atoms with Crippen molar-refractivity contribution < 1.29 is 14.9 Å². The van der Waals surface area contributed by atoms with Crippen LogP contribution in [0.1, 0.15) is 69.8 Å². The third-order valence-electron chi connectivity index (χ3n) is 5.66. The molecular formula is C25H35NO3. The van der Waals surface area contributed by atoms with Crippen LogP contribution in [0.5, 0.6) is 11.5 Å². The van der Waals surface area contributed by atoms with E-state index in [0.29, 0.717) is 19.0 Å². The minimum atomic E-state index is -0.186. The first-order chi connectivity index (χ1) is 13.5. The number of ether oxygens (including phenoxy) is 1. The van der Waals surface area contributed by atoms with Gasteiger partial charge in [0.25, 0.3) is 0 Å². The molecule has 29 heavy (non-hydrogen) atoms. The van der Waals surface area contributed by atoms with Gasteiger partial charge in [0.05, 0.1) is 19.3 Å². The summed E-state index contributed by atoms with van der Waals surface area (Å²) in [7, 11) is 0. The predicted molar refractivity (Wildman–Crippen MR) is 118 cm³/mol. The average Bonchev–Trinajstić information content (AvgIpc) is 2.62. The van der Waals surface area contributed by atoms with Gasteiger partial charge in [0.2, 0.25) is 0 Å². The smallest absolute Gasteiger partial charge is 0.123 e. The molecule has 0 amide bonds. The van der Waals surface area contributed by atoms with Crippen molar-refractivity contribution in [3.05, 3.63) is 58.7 Å². The Balaban J connectivity index is 2.24. The Morgan fingerprint density at radius 2 is 1.38 bits per heavy atom. The molecule has 1 heterocycles. The SMILES string of the molecule is CC(C)(C)c1cc([C@@H](c2cccc(O)c2)N2CCOCC2)cc(C(C)(C)C)c1O. The average molecular weight is 398 g/mol. The molecule has 1 aliphatic rings. The van der Waals surface area contributed by atoms with Crippen LogP contribution >= 0.6 is 0 Å². The van der Waals surface area contributed by atoms with E-state index in [9.17, 15) is 10.2 Å². The first-order valence-electron chi connectivity index (χ1n) is 10.5. The number of hydrogen-bond donors (Lipinski definition) is 2. The molecule has 0 unspecified atom stereocenters. The highest BCUT2D eigenvalue weighted by atomic mass is 16.5. The number of hydrogen-bond acceptors (Lipinski definition) is 4. The molecule has 2 aromatic rings. The molecule has 158 valence electrons. The summed E-state index contributed by atoms with van der Waals surface area (Å²) in [4.78, 5) is 2.41. The number of phenols is 2. The number of morpholine rings is 1. The Morgan fingerprint density at radius 1 is 0.828 bits per heavy atom. The maximum absolute atomic E-state index is 11.1. The highest BCUT2D eigenvalue weighted by molar-refractivity contribution is 5.52. The van der Waals surface area contributed by atoms with Gasteiger partial charge in [-0.15, -0.1) is 0 Å². The molecule has 0 aromatic heterocycles. The van der Waals surface area contributed by atoms with Crippen molar-refractivity contribution in [3.63, 3.8) is 0 Å². The molecule has 1 aliphatic heterocycles. The summed E-state index contributed by atoms with van der Waals surface area (Å²) in [6, 6.07) is 11.8. The summed E-state index contributed by atoms with van der Waals surface area (Å²) in [5, 5.41) is 21.3. The lowest BCUT2D eigenvalue weighted by Gasteiger charge is -2.37. The van der Waals surface area contributed by atoms with Crippen LogP contribution in [0.2, 0.25) is 0 Å². The topological polar surface area (TPSA) is 52.9 Å². The van der Waals surface area contributed by atoms with Crippen LogP contribution in [0.4, 0.5) is 0 Å². The second-order valence-electron chi connectivity index (χ2n) is 10.1. The number of benzene rings is 2. The summed E-state index contributed by atoms with van der Waals surface area (Å²) >= 11 is 0. The molecule has 4 nitrogen and oxygen atoms in total. The Kier molecular flexibility index (Phi) is 5.98. The van der Waals surface area contributed by atoms with E-state index in [0.717, 1.165) is 35.3 Å². The van der Waals surface area contributed by atoms with Crippen molar-refractivity contribution in [1.82, 2.24) is 4.90 Å². The molecule has 0 bridgehead atoms. The maximum atomic E-state index is 11.1. The van der Waals surface area contributed by atoms with E-state index >= 15 is 0 Å². The molecule has 1 saturated heterocycles.